The summed E-state index contributed by atoms with van der Waals surface area (Å²) < 4.78 is 5.14. The number of methoxy groups -OCH3 is 1. The number of ether oxygens (including phenoxy) is 1. The maximum atomic E-state index is 12.4. The Morgan fingerprint density at radius 2 is 1.92 bits per heavy atom. The Hall–Kier alpha value is -3.34. The first-order valence-electron chi connectivity index (χ1n) is 8.39. The molecule has 3 rings (SSSR count). The zero-order valence-electron chi connectivity index (χ0n) is 14.6. The summed E-state index contributed by atoms with van der Waals surface area (Å²) in [6, 6.07) is 18.8. The number of amides is 1. The monoisotopic (exact) mass is 347 g/mol. The second-order valence-electron chi connectivity index (χ2n) is 5.91. The molecule has 26 heavy (non-hydrogen) atoms. The normalized spacial score (nSPS) is 10.3. The van der Waals surface area contributed by atoms with Crippen molar-refractivity contribution < 1.29 is 9.53 Å². The van der Waals surface area contributed by atoms with Gasteiger partial charge in [0.25, 0.3) is 5.91 Å². The molecule has 132 valence electrons. The highest BCUT2D eigenvalue weighted by molar-refractivity contribution is 5.95. The van der Waals surface area contributed by atoms with Crippen LogP contribution in [0.2, 0.25) is 0 Å². The third-order valence-electron chi connectivity index (χ3n) is 4.06. The zero-order valence-corrected chi connectivity index (χ0v) is 14.6. The van der Waals surface area contributed by atoms with E-state index >= 15 is 0 Å². The van der Waals surface area contributed by atoms with Crippen LogP contribution in [-0.4, -0.2) is 24.5 Å². The SMILES string of the molecule is COc1ccc(CCNC(=O)c2ccnc(-c3cccc(N)c3)c2)cc1. The fourth-order valence-corrected chi connectivity index (χ4v) is 2.64. The van der Waals surface area contributed by atoms with Crippen molar-refractivity contribution in [3.05, 3.63) is 78.0 Å². The smallest absolute Gasteiger partial charge is 0.251 e. The number of nitrogen functional groups attached to an aromatic ring is 1. The summed E-state index contributed by atoms with van der Waals surface area (Å²) in [6.07, 6.45) is 2.39. The van der Waals surface area contributed by atoms with Crippen molar-refractivity contribution in [3.63, 3.8) is 0 Å². The van der Waals surface area contributed by atoms with Crippen LogP contribution in [0.4, 0.5) is 5.69 Å². The second-order valence-corrected chi connectivity index (χ2v) is 5.91. The Balaban J connectivity index is 1.61. The molecule has 0 aliphatic rings. The molecule has 0 saturated heterocycles. The fraction of sp³-hybridized carbons (Fsp3) is 0.143. The highest BCUT2D eigenvalue weighted by Gasteiger charge is 2.08. The summed E-state index contributed by atoms with van der Waals surface area (Å²) in [5, 5.41) is 2.94. The lowest BCUT2D eigenvalue weighted by atomic mass is 10.1. The minimum absolute atomic E-state index is 0.119. The molecule has 0 fully saturated rings. The van der Waals surface area contributed by atoms with Crippen LogP contribution in [0, 0.1) is 0 Å². The van der Waals surface area contributed by atoms with E-state index < -0.39 is 0 Å². The molecule has 1 aromatic heterocycles. The minimum atomic E-state index is -0.119. The average molecular weight is 347 g/mol. The van der Waals surface area contributed by atoms with Gasteiger partial charge in [0.1, 0.15) is 5.75 Å². The molecule has 5 heteroatoms. The van der Waals surface area contributed by atoms with Crippen LogP contribution in [0.3, 0.4) is 0 Å². The van der Waals surface area contributed by atoms with Crippen molar-refractivity contribution >= 4 is 11.6 Å². The van der Waals surface area contributed by atoms with Crippen LogP contribution in [0.25, 0.3) is 11.3 Å². The Morgan fingerprint density at radius 1 is 1.12 bits per heavy atom. The Morgan fingerprint density at radius 3 is 2.65 bits per heavy atom. The van der Waals surface area contributed by atoms with E-state index in [0.29, 0.717) is 17.8 Å². The van der Waals surface area contributed by atoms with Crippen LogP contribution >= 0.6 is 0 Å². The predicted octanol–water partition coefficient (Wildman–Crippen LogP) is 3.31. The largest absolute Gasteiger partial charge is 0.497 e. The van der Waals surface area contributed by atoms with Gasteiger partial charge in [-0.2, -0.15) is 0 Å². The van der Waals surface area contributed by atoms with Gasteiger partial charge in [0.05, 0.1) is 12.8 Å². The van der Waals surface area contributed by atoms with E-state index in [2.05, 4.69) is 10.3 Å². The van der Waals surface area contributed by atoms with Gasteiger partial charge >= 0.3 is 0 Å². The van der Waals surface area contributed by atoms with E-state index in [9.17, 15) is 4.79 Å². The first kappa shape index (κ1) is 17.5. The number of hydrogen-bond donors (Lipinski definition) is 2. The van der Waals surface area contributed by atoms with E-state index in [1.807, 2.05) is 48.5 Å². The molecule has 1 amide bonds. The molecular formula is C21H21N3O2. The number of aromatic nitrogens is 1. The number of hydrogen-bond acceptors (Lipinski definition) is 4. The second kappa shape index (κ2) is 8.16. The van der Waals surface area contributed by atoms with Crippen LogP contribution in [0.5, 0.6) is 5.75 Å². The van der Waals surface area contributed by atoms with E-state index in [4.69, 9.17) is 10.5 Å². The predicted molar refractivity (Wildman–Crippen MR) is 103 cm³/mol. The molecule has 3 N–H and O–H groups in total. The van der Waals surface area contributed by atoms with Crippen LogP contribution in [-0.2, 0) is 6.42 Å². The Labute approximate surface area is 152 Å². The standard InChI is InChI=1S/C21H21N3O2/c1-26-19-7-5-15(6-8-19)9-11-24-21(25)17-10-12-23-20(14-17)16-3-2-4-18(22)13-16/h2-8,10,12-14H,9,11,22H2,1H3,(H,24,25). The van der Waals surface area contributed by atoms with Crippen molar-refractivity contribution in [1.29, 1.82) is 0 Å². The summed E-state index contributed by atoms with van der Waals surface area (Å²) in [6.45, 7) is 0.557. The van der Waals surface area contributed by atoms with Crippen LogP contribution in [0.15, 0.2) is 66.9 Å². The average Bonchev–Trinajstić information content (AvgIpc) is 2.68. The molecule has 0 saturated carbocycles. The van der Waals surface area contributed by atoms with Crippen molar-refractivity contribution in [1.82, 2.24) is 10.3 Å². The van der Waals surface area contributed by atoms with E-state index in [1.165, 1.54) is 0 Å². The summed E-state index contributed by atoms with van der Waals surface area (Å²) >= 11 is 0. The number of carbonyl (C=O) groups is 1. The third kappa shape index (κ3) is 4.39. The number of nitrogens with zero attached hydrogens (tertiary/aromatic N) is 1. The maximum Gasteiger partial charge on any atom is 0.251 e. The first-order valence-corrected chi connectivity index (χ1v) is 8.39. The Kier molecular flexibility index (Phi) is 5.49. The first-order chi connectivity index (χ1) is 12.7. The van der Waals surface area contributed by atoms with Gasteiger partial charge in [0, 0.05) is 29.6 Å². The number of benzene rings is 2. The summed E-state index contributed by atoms with van der Waals surface area (Å²) in [7, 11) is 1.64. The van der Waals surface area contributed by atoms with Crippen molar-refractivity contribution in [2.45, 2.75) is 6.42 Å². The number of pyridine rings is 1. The number of rotatable bonds is 6. The van der Waals surface area contributed by atoms with Gasteiger partial charge in [-0.05, 0) is 48.4 Å². The van der Waals surface area contributed by atoms with Gasteiger partial charge in [-0.3, -0.25) is 9.78 Å². The van der Waals surface area contributed by atoms with Gasteiger partial charge in [-0.1, -0.05) is 24.3 Å². The summed E-state index contributed by atoms with van der Waals surface area (Å²) in [5.41, 5.74) is 9.81. The van der Waals surface area contributed by atoms with Gasteiger partial charge in [0.2, 0.25) is 0 Å². The number of carbonyl (C=O) groups excluding carboxylic acids is 1. The molecule has 0 atom stereocenters. The van der Waals surface area contributed by atoms with Crippen molar-refractivity contribution in [2.24, 2.45) is 0 Å². The molecule has 0 spiro atoms. The molecule has 5 nitrogen and oxygen atoms in total. The van der Waals surface area contributed by atoms with Gasteiger partial charge in [-0.25, -0.2) is 0 Å². The number of nitrogens with two attached hydrogens (primary N) is 1. The topological polar surface area (TPSA) is 77.2 Å². The highest BCUT2D eigenvalue weighted by atomic mass is 16.5. The van der Waals surface area contributed by atoms with Crippen LogP contribution in [0.1, 0.15) is 15.9 Å². The number of anilines is 1. The molecule has 3 aromatic rings. The lowest BCUT2D eigenvalue weighted by molar-refractivity contribution is 0.0954. The molecule has 0 aliphatic carbocycles. The van der Waals surface area contributed by atoms with E-state index in [-0.39, 0.29) is 5.91 Å². The highest BCUT2D eigenvalue weighted by Crippen LogP contribution is 2.20. The Bertz CT molecular complexity index is 892. The van der Waals surface area contributed by atoms with Crippen molar-refractivity contribution in [3.8, 4) is 17.0 Å². The molecule has 0 aliphatic heterocycles. The van der Waals surface area contributed by atoms with Crippen molar-refractivity contribution in [2.75, 3.05) is 19.4 Å². The molecule has 2 aromatic carbocycles. The summed E-state index contributed by atoms with van der Waals surface area (Å²) in [4.78, 5) is 16.7. The minimum Gasteiger partial charge on any atom is -0.497 e. The quantitative estimate of drug-likeness (QED) is 0.671. The molecule has 0 unspecified atom stereocenters. The zero-order chi connectivity index (χ0) is 18.4. The lowest BCUT2D eigenvalue weighted by Crippen LogP contribution is -2.25. The lowest BCUT2D eigenvalue weighted by Gasteiger charge is -2.08. The maximum absolute atomic E-state index is 12.4. The van der Waals surface area contributed by atoms with Gasteiger partial charge in [-0.15, -0.1) is 0 Å². The number of nitrogens with one attached hydrogen (secondary N) is 1. The van der Waals surface area contributed by atoms with E-state index in [0.717, 1.165) is 29.0 Å². The van der Waals surface area contributed by atoms with Gasteiger partial charge < -0.3 is 15.8 Å². The third-order valence-corrected chi connectivity index (χ3v) is 4.06. The van der Waals surface area contributed by atoms with Crippen LogP contribution < -0.4 is 15.8 Å². The van der Waals surface area contributed by atoms with E-state index in [1.54, 1.807) is 25.4 Å². The molecule has 0 bridgehead atoms. The molecule has 1 heterocycles. The molecule has 0 radical (unpaired) electrons. The summed E-state index contributed by atoms with van der Waals surface area (Å²) in [5.74, 6) is 0.703. The fourth-order valence-electron chi connectivity index (χ4n) is 2.64. The molecular weight excluding hydrogens is 326 g/mol. The van der Waals surface area contributed by atoms with Gasteiger partial charge in [0.15, 0.2) is 0 Å².